The Balaban J connectivity index is 2.14. The van der Waals surface area contributed by atoms with E-state index in [-0.39, 0.29) is 23.6 Å². The minimum absolute atomic E-state index is 0.103. The third-order valence-electron chi connectivity index (χ3n) is 2.30. The first kappa shape index (κ1) is 11.4. The highest BCUT2D eigenvalue weighted by molar-refractivity contribution is 5.97. The van der Waals surface area contributed by atoms with Crippen molar-refractivity contribution >= 4 is 5.78 Å². The average Bonchev–Trinajstić information content (AvgIpc) is 2.32. The molecular weight excluding hydrogens is 224 g/mol. The molecule has 0 atom stereocenters. The van der Waals surface area contributed by atoms with Crippen molar-refractivity contribution in [3.63, 3.8) is 0 Å². The predicted octanol–water partition coefficient (Wildman–Crippen LogP) is 2.79. The van der Waals surface area contributed by atoms with Crippen molar-refractivity contribution in [1.29, 1.82) is 0 Å². The van der Waals surface area contributed by atoms with Crippen molar-refractivity contribution < 1.29 is 13.6 Å². The molecule has 2 aromatic rings. The van der Waals surface area contributed by atoms with E-state index < -0.39 is 5.82 Å². The van der Waals surface area contributed by atoms with Gasteiger partial charge in [0.25, 0.3) is 0 Å². The van der Waals surface area contributed by atoms with Crippen LogP contribution in [0.2, 0.25) is 0 Å². The van der Waals surface area contributed by atoms with Crippen LogP contribution in [-0.4, -0.2) is 10.8 Å². The van der Waals surface area contributed by atoms with Gasteiger partial charge in [-0.15, -0.1) is 0 Å². The average molecular weight is 233 g/mol. The molecule has 1 aromatic carbocycles. The van der Waals surface area contributed by atoms with Crippen LogP contribution < -0.4 is 0 Å². The highest BCUT2D eigenvalue weighted by atomic mass is 19.1. The Hall–Kier alpha value is -2.10. The Morgan fingerprint density at radius 1 is 1.06 bits per heavy atom. The number of hydrogen-bond donors (Lipinski definition) is 0. The lowest BCUT2D eigenvalue weighted by molar-refractivity contribution is 0.0992. The van der Waals surface area contributed by atoms with Gasteiger partial charge in [-0.3, -0.25) is 9.78 Å². The number of benzene rings is 1. The smallest absolute Gasteiger partial charge is 0.168 e. The van der Waals surface area contributed by atoms with E-state index in [1.807, 2.05) is 0 Å². The topological polar surface area (TPSA) is 30.0 Å². The van der Waals surface area contributed by atoms with Crippen LogP contribution in [0, 0.1) is 11.6 Å². The number of carbonyl (C=O) groups excluding carboxylic acids is 1. The molecule has 2 rings (SSSR count). The molecule has 1 aromatic heterocycles. The van der Waals surface area contributed by atoms with Gasteiger partial charge >= 0.3 is 0 Å². The molecule has 86 valence electrons. The molecule has 0 aliphatic carbocycles. The molecule has 0 radical (unpaired) electrons. The number of pyridine rings is 1. The fourth-order valence-electron chi connectivity index (χ4n) is 1.45. The lowest BCUT2D eigenvalue weighted by atomic mass is 10.0. The third kappa shape index (κ3) is 2.93. The third-order valence-corrected chi connectivity index (χ3v) is 2.30. The summed E-state index contributed by atoms with van der Waals surface area (Å²) >= 11 is 0. The van der Waals surface area contributed by atoms with Gasteiger partial charge in [-0.1, -0.05) is 12.1 Å². The second kappa shape index (κ2) is 4.82. The van der Waals surface area contributed by atoms with Crippen LogP contribution in [0.15, 0.2) is 42.7 Å². The zero-order chi connectivity index (χ0) is 12.3. The number of ketones is 1. The fraction of sp³-hybridized carbons (Fsp3) is 0.0769. The summed E-state index contributed by atoms with van der Waals surface area (Å²) in [5.74, 6) is -1.15. The molecule has 0 fully saturated rings. The van der Waals surface area contributed by atoms with Gasteiger partial charge in [-0.25, -0.2) is 8.78 Å². The van der Waals surface area contributed by atoms with Crippen molar-refractivity contribution in [3.8, 4) is 0 Å². The molecule has 2 nitrogen and oxygen atoms in total. The maximum absolute atomic E-state index is 12.9. The van der Waals surface area contributed by atoms with Gasteiger partial charge in [0.15, 0.2) is 5.78 Å². The van der Waals surface area contributed by atoms with Crippen molar-refractivity contribution in [2.75, 3.05) is 0 Å². The van der Waals surface area contributed by atoms with Crippen molar-refractivity contribution in [2.24, 2.45) is 0 Å². The summed E-state index contributed by atoms with van der Waals surface area (Å²) < 4.78 is 25.5. The number of Topliss-reactive ketones (excluding diaryl/α,β-unsaturated/α-hetero) is 1. The quantitative estimate of drug-likeness (QED) is 0.763. The Bertz CT molecular complexity index is 537. The molecule has 0 bridgehead atoms. The molecule has 17 heavy (non-hydrogen) atoms. The summed E-state index contributed by atoms with van der Waals surface area (Å²) in [5.41, 5.74) is 0.898. The summed E-state index contributed by atoms with van der Waals surface area (Å²) in [7, 11) is 0. The number of rotatable bonds is 3. The standard InChI is InChI=1S/C13H9F2NO/c14-11-3-1-9(2-4-11)5-13(17)10-6-12(15)8-16-7-10/h1-4,6-8H,5H2. The zero-order valence-corrected chi connectivity index (χ0v) is 8.86. The summed E-state index contributed by atoms with van der Waals surface area (Å²) in [6, 6.07) is 6.76. The number of hydrogen-bond acceptors (Lipinski definition) is 2. The van der Waals surface area contributed by atoms with Gasteiger partial charge in [-0.2, -0.15) is 0 Å². The number of nitrogens with zero attached hydrogens (tertiary/aromatic N) is 1. The van der Waals surface area contributed by atoms with Gasteiger partial charge in [0.1, 0.15) is 11.6 Å². The largest absolute Gasteiger partial charge is 0.294 e. The van der Waals surface area contributed by atoms with E-state index >= 15 is 0 Å². The molecule has 0 spiro atoms. The molecule has 0 saturated carbocycles. The zero-order valence-electron chi connectivity index (χ0n) is 8.86. The Morgan fingerprint density at radius 3 is 2.41 bits per heavy atom. The first-order valence-corrected chi connectivity index (χ1v) is 5.03. The summed E-state index contributed by atoms with van der Waals surface area (Å²) in [6.45, 7) is 0. The van der Waals surface area contributed by atoms with Crippen LogP contribution in [0.1, 0.15) is 15.9 Å². The van der Waals surface area contributed by atoms with E-state index in [0.29, 0.717) is 5.56 Å². The molecule has 0 saturated heterocycles. The SMILES string of the molecule is O=C(Cc1ccc(F)cc1)c1cncc(F)c1. The summed E-state index contributed by atoms with van der Waals surface area (Å²) in [4.78, 5) is 15.4. The predicted molar refractivity (Wildman–Crippen MR) is 58.6 cm³/mol. The highest BCUT2D eigenvalue weighted by Crippen LogP contribution is 2.09. The monoisotopic (exact) mass is 233 g/mol. The van der Waals surface area contributed by atoms with E-state index in [0.717, 1.165) is 12.3 Å². The van der Waals surface area contributed by atoms with Crippen molar-refractivity contribution in [3.05, 3.63) is 65.5 Å². The van der Waals surface area contributed by atoms with E-state index in [2.05, 4.69) is 4.98 Å². The molecule has 0 N–H and O–H groups in total. The minimum atomic E-state index is -0.546. The van der Waals surface area contributed by atoms with Gasteiger partial charge < -0.3 is 0 Å². The van der Waals surface area contributed by atoms with Crippen LogP contribution in [0.25, 0.3) is 0 Å². The molecule has 0 amide bonds. The van der Waals surface area contributed by atoms with E-state index in [1.165, 1.54) is 30.5 Å². The Kier molecular flexibility index (Phi) is 3.23. The second-order valence-corrected chi connectivity index (χ2v) is 3.62. The Morgan fingerprint density at radius 2 is 1.76 bits per heavy atom. The van der Waals surface area contributed by atoms with Crippen LogP contribution in [0.5, 0.6) is 0 Å². The molecule has 0 aliphatic heterocycles. The van der Waals surface area contributed by atoms with E-state index in [4.69, 9.17) is 0 Å². The molecule has 1 heterocycles. The summed E-state index contributed by atoms with van der Waals surface area (Å²) in [6.07, 6.45) is 2.45. The maximum Gasteiger partial charge on any atom is 0.168 e. The molecule has 0 unspecified atom stereocenters. The van der Waals surface area contributed by atoms with Crippen LogP contribution in [-0.2, 0) is 6.42 Å². The second-order valence-electron chi connectivity index (χ2n) is 3.62. The molecular formula is C13H9F2NO. The normalized spacial score (nSPS) is 10.2. The fourth-order valence-corrected chi connectivity index (χ4v) is 1.45. The first-order chi connectivity index (χ1) is 8.15. The summed E-state index contributed by atoms with van der Waals surface area (Å²) in [5, 5.41) is 0. The lowest BCUT2D eigenvalue weighted by Crippen LogP contribution is -2.04. The number of halogens is 2. The minimum Gasteiger partial charge on any atom is -0.294 e. The van der Waals surface area contributed by atoms with E-state index in [1.54, 1.807) is 0 Å². The van der Waals surface area contributed by atoms with Crippen LogP contribution in [0.4, 0.5) is 8.78 Å². The molecule has 4 heteroatoms. The highest BCUT2D eigenvalue weighted by Gasteiger charge is 2.08. The van der Waals surface area contributed by atoms with Gasteiger partial charge in [0.2, 0.25) is 0 Å². The molecule has 0 aliphatic rings. The van der Waals surface area contributed by atoms with Gasteiger partial charge in [0, 0.05) is 18.2 Å². The van der Waals surface area contributed by atoms with Gasteiger partial charge in [0.05, 0.1) is 6.20 Å². The van der Waals surface area contributed by atoms with Crippen LogP contribution >= 0.6 is 0 Å². The Labute approximate surface area is 96.9 Å². The first-order valence-electron chi connectivity index (χ1n) is 5.03. The van der Waals surface area contributed by atoms with Crippen molar-refractivity contribution in [1.82, 2.24) is 4.98 Å². The number of aromatic nitrogens is 1. The number of carbonyl (C=O) groups is 1. The van der Waals surface area contributed by atoms with Crippen molar-refractivity contribution in [2.45, 2.75) is 6.42 Å². The lowest BCUT2D eigenvalue weighted by Gasteiger charge is -2.01. The van der Waals surface area contributed by atoms with Gasteiger partial charge in [-0.05, 0) is 23.8 Å². The van der Waals surface area contributed by atoms with Crippen LogP contribution in [0.3, 0.4) is 0 Å². The van der Waals surface area contributed by atoms with E-state index in [9.17, 15) is 13.6 Å². The maximum atomic E-state index is 12.9.